The second kappa shape index (κ2) is 4.28. The average Bonchev–Trinajstić information content (AvgIpc) is 2.23. The van der Waals surface area contributed by atoms with Crippen LogP contribution in [-0.2, 0) is 0 Å². The molecule has 0 saturated carbocycles. The molecule has 0 bridgehead atoms. The number of hydrogen-bond acceptors (Lipinski definition) is 0. The molecule has 1 aromatic carbocycles. The molecule has 0 amide bonds. The highest BCUT2D eigenvalue weighted by atomic mass is 35.5. The molecule has 75 valence electrons. The van der Waals surface area contributed by atoms with Crippen molar-refractivity contribution < 1.29 is 4.39 Å². The maximum Gasteiger partial charge on any atom is 0.142 e. The van der Waals surface area contributed by atoms with Gasteiger partial charge in [-0.3, -0.25) is 0 Å². The van der Waals surface area contributed by atoms with Crippen molar-refractivity contribution in [3.63, 3.8) is 0 Å². The van der Waals surface area contributed by atoms with E-state index in [2.05, 4.69) is 5.32 Å². The van der Waals surface area contributed by atoms with Crippen molar-refractivity contribution in [1.29, 1.82) is 0 Å². The Labute approximate surface area is 88.3 Å². The number of benzene rings is 1. The third-order valence-corrected chi connectivity index (χ3v) is 2.99. The number of halogens is 2. The molecule has 3 heteroatoms. The summed E-state index contributed by atoms with van der Waals surface area (Å²) in [6.45, 7) is 1.80. The fraction of sp³-hybridized carbons (Fsp3) is 0.455. The van der Waals surface area contributed by atoms with Crippen molar-refractivity contribution in [2.24, 2.45) is 0 Å². The first-order valence-electron chi connectivity index (χ1n) is 4.85. The molecule has 0 N–H and O–H groups in total. The number of piperidine rings is 1. The predicted octanol–water partition coefficient (Wildman–Crippen LogP) is 2.96. The van der Waals surface area contributed by atoms with Crippen LogP contribution in [0.4, 0.5) is 4.39 Å². The maximum atomic E-state index is 13.2. The van der Waals surface area contributed by atoms with Crippen molar-refractivity contribution >= 4 is 11.6 Å². The Bertz CT molecular complexity index is 321. The zero-order valence-corrected chi connectivity index (χ0v) is 8.60. The molecule has 0 unspecified atom stereocenters. The van der Waals surface area contributed by atoms with Crippen LogP contribution in [0.25, 0.3) is 0 Å². The monoisotopic (exact) mass is 212 g/mol. The molecule has 1 fully saturated rings. The van der Waals surface area contributed by atoms with Crippen LogP contribution in [0.2, 0.25) is 5.02 Å². The molecule has 1 aromatic rings. The molecule has 2 rings (SSSR count). The van der Waals surface area contributed by atoms with Crippen LogP contribution in [0.3, 0.4) is 0 Å². The molecule has 1 heterocycles. The van der Waals surface area contributed by atoms with Gasteiger partial charge in [0.25, 0.3) is 0 Å². The SMILES string of the molecule is Fc1cc(C2CC[N]CC2)ccc1Cl. The second-order valence-electron chi connectivity index (χ2n) is 3.62. The van der Waals surface area contributed by atoms with Gasteiger partial charge >= 0.3 is 0 Å². The fourth-order valence-corrected chi connectivity index (χ4v) is 1.97. The third-order valence-electron chi connectivity index (χ3n) is 2.69. The summed E-state index contributed by atoms with van der Waals surface area (Å²) in [5.41, 5.74) is 1.06. The lowest BCUT2D eigenvalue weighted by atomic mass is 9.90. The molecule has 1 nitrogen and oxygen atoms in total. The van der Waals surface area contributed by atoms with E-state index in [9.17, 15) is 4.39 Å². The first-order valence-corrected chi connectivity index (χ1v) is 5.23. The van der Waals surface area contributed by atoms with E-state index in [1.54, 1.807) is 12.1 Å². The molecule has 14 heavy (non-hydrogen) atoms. The molecule has 1 aliphatic heterocycles. The third kappa shape index (κ3) is 2.07. The Morgan fingerprint density at radius 1 is 1.29 bits per heavy atom. The van der Waals surface area contributed by atoms with Gasteiger partial charge in [-0.25, -0.2) is 9.71 Å². The lowest BCUT2D eigenvalue weighted by molar-refractivity contribution is 0.452. The van der Waals surface area contributed by atoms with Crippen LogP contribution >= 0.6 is 11.6 Å². The summed E-state index contributed by atoms with van der Waals surface area (Å²) >= 11 is 5.63. The van der Waals surface area contributed by atoms with Gasteiger partial charge in [0, 0.05) is 13.1 Å². The van der Waals surface area contributed by atoms with Crippen molar-refractivity contribution in [3.8, 4) is 0 Å². The quantitative estimate of drug-likeness (QED) is 0.680. The molecule has 1 aliphatic rings. The summed E-state index contributed by atoms with van der Waals surface area (Å²) in [6, 6.07) is 5.11. The van der Waals surface area contributed by atoms with Crippen molar-refractivity contribution in [3.05, 3.63) is 34.6 Å². The average molecular weight is 213 g/mol. The van der Waals surface area contributed by atoms with E-state index in [-0.39, 0.29) is 10.8 Å². The minimum absolute atomic E-state index is 0.203. The molecule has 1 saturated heterocycles. The van der Waals surface area contributed by atoms with Gasteiger partial charge in [0.2, 0.25) is 0 Å². The highest BCUT2D eigenvalue weighted by molar-refractivity contribution is 6.30. The van der Waals surface area contributed by atoms with Crippen LogP contribution < -0.4 is 5.32 Å². The Hall–Kier alpha value is -0.600. The summed E-state index contributed by atoms with van der Waals surface area (Å²) in [7, 11) is 0. The van der Waals surface area contributed by atoms with Crippen LogP contribution in [-0.4, -0.2) is 13.1 Å². The van der Waals surface area contributed by atoms with Gasteiger partial charge in [0.1, 0.15) is 5.82 Å². The van der Waals surface area contributed by atoms with E-state index in [4.69, 9.17) is 11.6 Å². The fourth-order valence-electron chi connectivity index (χ4n) is 1.85. The van der Waals surface area contributed by atoms with Crippen LogP contribution in [0, 0.1) is 5.82 Å². The molecule has 0 aliphatic carbocycles. The van der Waals surface area contributed by atoms with Crippen molar-refractivity contribution in [2.75, 3.05) is 13.1 Å². The Morgan fingerprint density at radius 3 is 2.64 bits per heavy atom. The lowest BCUT2D eigenvalue weighted by Crippen LogP contribution is -2.21. The van der Waals surface area contributed by atoms with Crippen LogP contribution in [0.5, 0.6) is 0 Å². The zero-order valence-electron chi connectivity index (χ0n) is 7.84. The van der Waals surface area contributed by atoms with Crippen LogP contribution in [0.1, 0.15) is 24.3 Å². The summed E-state index contributed by atoms with van der Waals surface area (Å²) in [6.07, 6.45) is 2.06. The standard InChI is InChI=1S/C11H12ClFN/c12-10-2-1-9(7-11(10)13)8-3-5-14-6-4-8/h1-2,7-8H,3-6H2. The summed E-state index contributed by atoms with van der Waals surface area (Å²) in [5.74, 6) is 0.144. The number of hydrogen-bond donors (Lipinski definition) is 0. The van der Waals surface area contributed by atoms with E-state index < -0.39 is 0 Å². The molecule has 1 radical (unpaired) electrons. The minimum atomic E-state index is -0.313. The van der Waals surface area contributed by atoms with E-state index >= 15 is 0 Å². The Kier molecular flexibility index (Phi) is 3.04. The zero-order chi connectivity index (χ0) is 9.97. The van der Waals surface area contributed by atoms with E-state index in [0.29, 0.717) is 5.92 Å². The molecule has 0 atom stereocenters. The van der Waals surface area contributed by atoms with E-state index in [0.717, 1.165) is 31.5 Å². The van der Waals surface area contributed by atoms with Gasteiger partial charge in [-0.05, 0) is 36.5 Å². The minimum Gasteiger partial charge on any atom is -0.242 e. The highest BCUT2D eigenvalue weighted by Gasteiger charge is 2.16. The molecule has 0 aromatic heterocycles. The van der Waals surface area contributed by atoms with E-state index in [1.807, 2.05) is 6.07 Å². The summed E-state index contributed by atoms with van der Waals surface area (Å²) < 4.78 is 13.2. The maximum absolute atomic E-state index is 13.2. The highest BCUT2D eigenvalue weighted by Crippen LogP contribution is 2.27. The van der Waals surface area contributed by atoms with Gasteiger partial charge in [0.15, 0.2) is 0 Å². The lowest BCUT2D eigenvalue weighted by Gasteiger charge is -2.21. The number of nitrogens with zero attached hydrogens (tertiary/aromatic N) is 1. The smallest absolute Gasteiger partial charge is 0.142 e. The van der Waals surface area contributed by atoms with Gasteiger partial charge < -0.3 is 0 Å². The Morgan fingerprint density at radius 2 is 2.00 bits per heavy atom. The predicted molar refractivity (Wildman–Crippen MR) is 55.3 cm³/mol. The molecular weight excluding hydrogens is 201 g/mol. The van der Waals surface area contributed by atoms with E-state index in [1.165, 1.54) is 0 Å². The topological polar surface area (TPSA) is 14.1 Å². The van der Waals surface area contributed by atoms with Gasteiger partial charge in [-0.1, -0.05) is 17.7 Å². The van der Waals surface area contributed by atoms with Crippen LogP contribution in [0.15, 0.2) is 18.2 Å². The first kappa shape index (κ1) is 9.94. The van der Waals surface area contributed by atoms with Crippen molar-refractivity contribution in [1.82, 2.24) is 5.32 Å². The normalized spacial score (nSPS) is 18.4. The Balaban J connectivity index is 2.18. The molecular formula is C11H12ClFN. The summed E-state index contributed by atoms with van der Waals surface area (Å²) in [4.78, 5) is 0. The van der Waals surface area contributed by atoms with Gasteiger partial charge in [0.05, 0.1) is 5.02 Å². The largest absolute Gasteiger partial charge is 0.242 e. The summed E-state index contributed by atoms with van der Waals surface area (Å²) in [5, 5.41) is 4.48. The van der Waals surface area contributed by atoms with Gasteiger partial charge in [-0.2, -0.15) is 0 Å². The number of rotatable bonds is 1. The second-order valence-corrected chi connectivity index (χ2v) is 4.03. The van der Waals surface area contributed by atoms with Crippen molar-refractivity contribution in [2.45, 2.75) is 18.8 Å². The first-order chi connectivity index (χ1) is 6.77. The van der Waals surface area contributed by atoms with Gasteiger partial charge in [-0.15, -0.1) is 0 Å². The molecule has 0 spiro atoms.